The molecular weight excluding hydrogens is 302 g/mol. The second-order valence-electron chi connectivity index (χ2n) is 9.09. The van der Waals surface area contributed by atoms with Gasteiger partial charge in [-0.05, 0) is 19.9 Å². The zero-order valence-electron chi connectivity index (χ0n) is 16.8. The molecule has 0 aromatic rings. The second-order valence-corrected chi connectivity index (χ2v) is 9.09. The highest BCUT2D eigenvalue weighted by atomic mass is 16.2. The van der Waals surface area contributed by atoms with Crippen molar-refractivity contribution in [1.82, 2.24) is 14.7 Å². The van der Waals surface area contributed by atoms with Crippen LogP contribution < -0.4 is 0 Å². The van der Waals surface area contributed by atoms with Crippen LogP contribution in [0.25, 0.3) is 0 Å². The number of hydrogen-bond donors (Lipinski definition) is 0. The first kappa shape index (κ1) is 20.9. The number of hydrogen-bond acceptors (Lipinski definition) is 3. The lowest BCUT2D eigenvalue weighted by molar-refractivity contribution is -0.141. The number of piperazine rings is 1. The lowest BCUT2D eigenvalue weighted by atomic mass is 9.94. The van der Waals surface area contributed by atoms with Crippen LogP contribution in [0.15, 0.2) is 0 Å². The van der Waals surface area contributed by atoms with Gasteiger partial charge in [0.1, 0.15) is 0 Å². The van der Waals surface area contributed by atoms with Crippen LogP contribution in [0.4, 0.5) is 0 Å². The first-order chi connectivity index (χ1) is 10.9. The minimum absolute atomic E-state index is 0.190. The molecular formula is C19H37N3O2. The molecule has 2 heterocycles. The summed E-state index contributed by atoms with van der Waals surface area (Å²) in [6.07, 6.45) is 2.36. The van der Waals surface area contributed by atoms with Crippen molar-refractivity contribution >= 4 is 11.8 Å². The normalized spacial score (nSPS) is 19.8. The molecule has 0 bridgehead atoms. The van der Waals surface area contributed by atoms with Crippen LogP contribution >= 0.6 is 0 Å². The average Bonchev–Trinajstić information content (AvgIpc) is 2.99. The fourth-order valence-electron chi connectivity index (χ4n) is 2.88. The molecule has 0 saturated carbocycles. The van der Waals surface area contributed by atoms with E-state index < -0.39 is 0 Å². The Labute approximate surface area is 148 Å². The fourth-order valence-corrected chi connectivity index (χ4v) is 2.88. The topological polar surface area (TPSA) is 43.9 Å². The molecule has 0 atom stereocenters. The molecule has 2 saturated heterocycles. The molecule has 140 valence electrons. The van der Waals surface area contributed by atoms with Crippen LogP contribution in [0, 0.1) is 10.8 Å². The molecule has 0 spiro atoms. The summed E-state index contributed by atoms with van der Waals surface area (Å²) in [6.45, 7) is 17.6. The Hall–Kier alpha value is -1.10. The highest BCUT2D eigenvalue weighted by Gasteiger charge is 2.29. The zero-order valence-corrected chi connectivity index (χ0v) is 16.8. The van der Waals surface area contributed by atoms with E-state index in [-0.39, 0.29) is 16.7 Å². The quantitative estimate of drug-likeness (QED) is 0.681. The maximum atomic E-state index is 11.8. The van der Waals surface area contributed by atoms with E-state index in [1.807, 2.05) is 51.3 Å². The van der Waals surface area contributed by atoms with Crippen LogP contribution in [0.2, 0.25) is 0 Å². The van der Waals surface area contributed by atoms with Gasteiger partial charge in [-0.15, -0.1) is 0 Å². The lowest BCUT2D eigenvalue weighted by Crippen LogP contribution is -2.50. The average molecular weight is 340 g/mol. The van der Waals surface area contributed by atoms with Gasteiger partial charge in [-0.1, -0.05) is 41.5 Å². The number of amides is 2. The van der Waals surface area contributed by atoms with E-state index in [1.54, 1.807) is 0 Å². The third-order valence-corrected chi connectivity index (χ3v) is 4.47. The smallest absolute Gasteiger partial charge is 0.228 e. The van der Waals surface area contributed by atoms with Gasteiger partial charge in [-0.3, -0.25) is 9.59 Å². The minimum Gasteiger partial charge on any atom is -0.342 e. The van der Waals surface area contributed by atoms with Gasteiger partial charge in [0.25, 0.3) is 0 Å². The Morgan fingerprint density at radius 1 is 0.625 bits per heavy atom. The molecule has 2 aliphatic heterocycles. The number of likely N-dealkylation sites (N-methyl/N-ethyl adjacent to an activating group) is 1. The van der Waals surface area contributed by atoms with E-state index in [1.165, 1.54) is 12.8 Å². The molecule has 0 radical (unpaired) electrons. The molecule has 0 unspecified atom stereocenters. The summed E-state index contributed by atoms with van der Waals surface area (Å²) in [6, 6.07) is 0. The number of carbonyl (C=O) groups is 2. The molecule has 24 heavy (non-hydrogen) atoms. The third-order valence-electron chi connectivity index (χ3n) is 4.47. The summed E-state index contributed by atoms with van der Waals surface area (Å²) < 4.78 is 0. The molecule has 0 aromatic heterocycles. The van der Waals surface area contributed by atoms with Crippen molar-refractivity contribution in [1.29, 1.82) is 0 Å². The van der Waals surface area contributed by atoms with E-state index >= 15 is 0 Å². The van der Waals surface area contributed by atoms with E-state index in [2.05, 4.69) is 11.9 Å². The molecule has 0 aliphatic carbocycles. The first-order valence-corrected chi connectivity index (χ1v) is 9.20. The van der Waals surface area contributed by atoms with Gasteiger partial charge < -0.3 is 14.7 Å². The largest absolute Gasteiger partial charge is 0.342 e. The van der Waals surface area contributed by atoms with Crippen molar-refractivity contribution in [2.75, 3.05) is 46.3 Å². The molecule has 2 fully saturated rings. The molecule has 0 aromatic carbocycles. The zero-order chi connectivity index (χ0) is 18.5. The van der Waals surface area contributed by atoms with Crippen LogP contribution in [0.3, 0.4) is 0 Å². The maximum Gasteiger partial charge on any atom is 0.228 e. The Balaban J connectivity index is 0.000000243. The Morgan fingerprint density at radius 3 is 1.29 bits per heavy atom. The lowest BCUT2D eigenvalue weighted by Gasteiger charge is -2.36. The van der Waals surface area contributed by atoms with Gasteiger partial charge in [-0.2, -0.15) is 0 Å². The predicted molar refractivity (Wildman–Crippen MR) is 98.8 cm³/mol. The second kappa shape index (κ2) is 8.32. The van der Waals surface area contributed by atoms with Crippen molar-refractivity contribution in [3.8, 4) is 0 Å². The van der Waals surface area contributed by atoms with Gasteiger partial charge in [0.2, 0.25) is 11.8 Å². The molecule has 2 rings (SSSR count). The van der Waals surface area contributed by atoms with Crippen LogP contribution in [-0.4, -0.2) is 72.8 Å². The third kappa shape index (κ3) is 6.42. The predicted octanol–water partition coefficient (Wildman–Crippen LogP) is 2.46. The minimum atomic E-state index is -0.226. The molecule has 5 heteroatoms. The monoisotopic (exact) mass is 339 g/mol. The van der Waals surface area contributed by atoms with Crippen molar-refractivity contribution in [3.63, 3.8) is 0 Å². The Bertz CT molecular complexity index is 421. The number of carbonyl (C=O) groups excluding carboxylic acids is 2. The van der Waals surface area contributed by atoms with Gasteiger partial charge in [0, 0.05) is 50.1 Å². The fraction of sp³-hybridized carbons (Fsp3) is 0.895. The van der Waals surface area contributed by atoms with Crippen molar-refractivity contribution in [2.24, 2.45) is 10.8 Å². The number of likely N-dealkylation sites (tertiary alicyclic amines) is 1. The van der Waals surface area contributed by atoms with Crippen LogP contribution in [0.5, 0.6) is 0 Å². The van der Waals surface area contributed by atoms with Crippen LogP contribution in [0.1, 0.15) is 54.4 Å². The molecule has 5 nitrogen and oxygen atoms in total. The van der Waals surface area contributed by atoms with Crippen molar-refractivity contribution < 1.29 is 9.59 Å². The summed E-state index contributed by atoms with van der Waals surface area (Å²) in [5.74, 6) is 0.579. The summed E-state index contributed by atoms with van der Waals surface area (Å²) in [5, 5.41) is 0. The van der Waals surface area contributed by atoms with E-state index in [4.69, 9.17) is 0 Å². The highest BCUT2D eigenvalue weighted by molar-refractivity contribution is 5.82. The Morgan fingerprint density at radius 2 is 0.958 bits per heavy atom. The summed E-state index contributed by atoms with van der Waals surface area (Å²) in [7, 11) is 2.10. The molecule has 2 aliphatic rings. The summed E-state index contributed by atoms with van der Waals surface area (Å²) >= 11 is 0. The first-order valence-electron chi connectivity index (χ1n) is 9.20. The molecule has 2 amide bonds. The van der Waals surface area contributed by atoms with E-state index in [0.29, 0.717) is 5.91 Å². The van der Waals surface area contributed by atoms with E-state index in [0.717, 1.165) is 39.3 Å². The standard InChI is InChI=1S/C10H20N2O.C9H17NO/c1-10(2,3)9(13)12-7-5-11(4)6-8-12;1-9(2,3)8(11)10-6-4-5-7-10/h5-8H2,1-4H3;4-7H2,1-3H3. The summed E-state index contributed by atoms with van der Waals surface area (Å²) in [4.78, 5) is 29.6. The SMILES string of the molecule is CC(C)(C)C(=O)N1CCCC1.CN1CCN(C(=O)C(C)(C)C)CC1. The van der Waals surface area contributed by atoms with Crippen LogP contribution in [-0.2, 0) is 9.59 Å². The highest BCUT2D eigenvalue weighted by Crippen LogP contribution is 2.20. The maximum absolute atomic E-state index is 11.8. The van der Waals surface area contributed by atoms with E-state index in [9.17, 15) is 9.59 Å². The van der Waals surface area contributed by atoms with Gasteiger partial charge >= 0.3 is 0 Å². The summed E-state index contributed by atoms with van der Waals surface area (Å²) in [5.41, 5.74) is -0.416. The number of nitrogens with zero attached hydrogens (tertiary/aromatic N) is 3. The molecule has 0 N–H and O–H groups in total. The van der Waals surface area contributed by atoms with Gasteiger partial charge in [0.15, 0.2) is 0 Å². The van der Waals surface area contributed by atoms with Crippen molar-refractivity contribution in [2.45, 2.75) is 54.4 Å². The van der Waals surface area contributed by atoms with Gasteiger partial charge in [-0.25, -0.2) is 0 Å². The van der Waals surface area contributed by atoms with Crippen molar-refractivity contribution in [3.05, 3.63) is 0 Å². The Kier molecular flexibility index (Phi) is 7.26. The number of rotatable bonds is 0. The van der Waals surface area contributed by atoms with Gasteiger partial charge in [0.05, 0.1) is 0 Å².